The topological polar surface area (TPSA) is 43.3 Å². The molecular formula is C10H12ClN3. The van der Waals surface area contributed by atoms with Crippen molar-refractivity contribution in [1.29, 1.82) is 0 Å². The number of halogens is 1. The van der Waals surface area contributed by atoms with E-state index in [0.717, 1.165) is 11.3 Å². The molecule has 0 bridgehead atoms. The molecule has 0 saturated carbocycles. The van der Waals surface area contributed by atoms with Crippen molar-refractivity contribution in [3.05, 3.63) is 35.4 Å². The summed E-state index contributed by atoms with van der Waals surface area (Å²) in [4.78, 5) is 4.28. The van der Waals surface area contributed by atoms with Gasteiger partial charge in [-0.2, -0.15) is 0 Å². The Morgan fingerprint density at radius 2 is 2.14 bits per heavy atom. The number of nitrogens with zero attached hydrogens (tertiary/aromatic N) is 2. The lowest BCUT2D eigenvalue weighted by Gasteiger charge is -2.17. The smallest absolute Gasteiger partial charge is 0.133 e. The summed E-state index contributed by atoms with van der Waals surface area (Å²) in [5, 5.41) is 0.633. The summed E-state index contributed by atoms with van der Waals surface area (Å²) in [5.74, 6) is 0.776. The first-order chi connectivity index (χ1) is 6.50. The summed E-state index contributed by atoms with van der Waals surface area (Å²) >= 11 is 6.08. The molecule has 0 atom stereocenters. The van der Waals surface area contributed by atoms with Crippen LogP contribution in [0.1, 0.15) is 19.7 Å². The zero-order chi connectivity index (χ0) is 10.3. The molecule has 2 heterocycles. The number of nitrogens with two attached hydrogens (primary N) is 1. The predicted octanol–water partition coefficient (Wildman–Crippen LogP) is 2.18. The fraction of sp³-hybridized carbons (Fsp3) is 0.300. The zero-order valence-electron chi connectivity index (χ0n) is 8.16. The van der Waals surface area contributed by atoms with Gasteiger partial charge in [-0.25, -0.2) is 4.98 Å². The van der Waals surface area contributed by atoms with Crippen molar-refractivity contribution in [3.8, 4) is 0 Å². The van der Waals surface area contributed by atoms with Gasteiger partial charge in [0.1, 0.15) is 11.0 Å². The Morgan fingerprint density at radius 3 is 2.79 bits per heavy atom. The Balaban J connectivity index is 2.80. The average Bonchev–Trinajstić information content (AvgIpc) is 2.47. The van der Waals surface area contributed by atoms with Gasteiger partial charge in [0.15, 0.2) is 0 Å². The Bertz CT molecular complexity index is 468. The molecule has 2 rings (SSSR count). The van der Waals surface area contributed by atoms with E-state index in [-0.39, 0.29) is 0 Å². The van der Waals surface area contributed by atoms with Crippen molar-refractivity contribution >= 4 is 17.1 Å². The molecule has 2 aromatic heterocycles. The average molecular weight is 210 g/mol. The number of fused-ring (bicyclic) bond motifs is 1. The quantitative estimate of drug-likeness (QED) is 0.732. The molecule has 0 saturated heterocycles. The third-order valence-electron chi connectivity index (χ3n) is 2.08. The van der Waals surface area contributed by atoms with E-state index < -0.39 is 5.54 Å². The maximum Gasteiger partial charge on any atom is 0.133 e. The van der Waals surface area contributed by atoms with Gasteiger partial charge in [-0.15, -0.1) is 0 Å². The molecule has 0 amide bonds. The first-order valence-electron chi connectivity index (χ1n) is 4.41. The Morgan fingerprint density at radius 1 is 1.43 bits per heavy atom. The first kappa shape index (κ1) is 9.49. The van der Waals surface area contributed by atoms with E-state index in [4.69, 9.17) is 17.3 Å². The minimum Gasteiger partial charge on any atom is -0.319 e. The van der Waals surface area contributed by atoms with Crippen molar-refractivity contribution in [1.82, 2.24) is 9.38 Å². The fourth-order valence-corrected chi connectivity index (χ4v) is 1.71. The molecule has 0 fully saturated rings. The minimum atomic E-state index is -0.489. The van der Waals surface area contributed by atoms with Crippen LogP contribution in [0.4, 0.5) is 0 Å². The highest BCUT2D eigenvalue weighted by Crippen LogP contribution is 2.21. The highest BCUT2D eigenvalue weighted by Gasteiger charge is 2.20. The summed E-state index contributed by atoms with van der Waals surface area (Å²) < 4.78 is 1.86. The number of pyridine rings is 1. The van der Waals surface area contributed by atoms with Gasteiger partial charge in [0.25, 0.3) is 0 Å². The van der Waals surface area contributed by atoms with Gasteiger partial charge in [0.05, 0.1) is 17.3 Å². The summed E-state index contributed by atoms with van der Waals surface area (Å²) in [7, 11) is 0. The van der Waals surface area contributed by atoms with Crippen LogP contribution in [0.3, 0.4) is 0 Å². The van der Waals surface area contributed by atoms with Gasteiger partial charge in [0.2, 0.25) is 0 Å². The second kappa shape index (κ2) is 2.97. The normalized spacial score (nSPS) is 12.3. The predicted molar refractivity (Wildman–Crippen MR) is 57.4 cm³/mol. The summed E-state index contributed by atoms with van der Waals surface area (Å²) in [6.07, 6.45) is 1.77. The summed E-state index contributed by atoms with van der Waals surface area (Å²) in [5.41, 5.74) is 6.47. The van der Waals surface area contributed by atoms with E-state index in [1.54, 1.807) is 6.20 Å². The SMILES string of the molecule is CC(C)(N)c1ncc2cccc(Cl)n12. The van der Waals surface area contributed by atoms with Crippen LogP contribution >= 0.6 is 11.6 Å². The van der Waals surface area contributed by atoms with Crippen LogP contribution in [-0.2, 0) is 5.54 Å². The molecule has 0 spiro atoms. The van der Waals surface area contributed by atoms with E-state index in [1.165, 1.54) is 0 Å². The van der Waals surface area contributed by atoms with E-state index in [2.05, 4.69) is 4.98 Å². The van der Waals surface area contributed by atoms with Gasteiger partial charge >= 0.3 is 0 Å². The third-order valence-corrected chi connectivity index (χ3v) is 2.37. The van der Waals surface area contributed by atoms with Crippen molar-refractivity contribution in [2.24, 2.45) is 5.73 Å². The van der Waals surface area contributed by atoms with Gasteiger partial charge in [-0.05, 0) is 26.0 Å². The lowest BCUT2D eigenvalue weighted by atomic mass is 10.1. The second-order valence-corrected chi connectivity index (χ2v) is 4.30. The molecule has 3 nitrogen and oxygen atoms in total. The molecule has 4 heteroatoms. The molecule has 0 aromatic carbocycles. The number of rotatable bonds is 1. The number of hydrogen-bond donors (Lipinski definition) is 1. The number of aromatic nitrogens is 2. The number of imidazole rings is 1. The van der Waals surface area contributed by atoms with Crippen LogP contribution in [0.15, 0.2) is 24.4 Å². The molecular weight excluding hydrogens is 198 g/mol. The van der Waals surface area contributed by atoms with Crippen LogP contribution in [0.5, 0.6) is 0 Å². The van der Waals surface area contributed by atoms with Gasteiger partial charge in [-0.1, -0.05) is 17.7 Å². The summed E-state index contributed by atoms with van der Waals surface area (Å²) in [6, 6.07) is 5.67. The van der Waals surface area contributed by atoms with Gasteiger partial charge in [-0.3, -0.25) is 4.40 Å². The maximum absolute atomic E-state index is 6.08. The van der Waals surface area contributed by atoms with Crippen molar-refractivity contribution in [3.63, 3.8) is 0 Å². The van der Waals surface area contributed by atoms with Crippen LogP contribution in [0, 0.1) is 0 Å². The number of hydrogen-bond acceptors (Lipinski definition) is 2. The Labute approximate surface area is 87.5 Å². The zero-order valence-corrected chi connectivity index (χ0v) is 8.92. The molecule has 2 N–H and O–H groups in total. The maximum atomic E-state index is 6.08. The third kappa shape index (κ3) is 1.38. The molecule has 74 valence electrons. The standard InChI is InChI=1S/C10H12ClN3/c1-10(2,12)9-13-6-7-4-3-5-8(11)14(7)9/h3-6H,12H2,1-2H3. The Kier molecular flexibility index (Phi) is 2.01. The highest BCUT2D eigenvalue weighted by atomic mass is 35.5. The van der Waals surface area contributed by atoms with Crippen LogP contribution in [0.2, 0.25) is 5.15 Å². The molecule has 0 aliphatic carbocycles. The van der Waals surface area contributed by atoms with Gasteiger partial charge < -0.3 is 5.73 Å². The van der Waals surface area contributed by atoms with E-state index in [9.17, 15) is 0 Å². The van der Waals surface area contributed by atoms with E-state index in [1.807, 2.05) is 36.4 Å². The van der Waals surface area contributed by atoms with Crippen molar-refractivity contribution < 1.29 is 0 Å². The Hall–Kier alpha value is -1.06. The molecule has 0 aliphatic heterocycles. The monoisotopic (exact) mass is 209 g/mol. The molecule has 0 aliphatic rings. The second-order valence-electron chi connectivity index (χ2n) is 3.91. The fourth-order valence-electron chi connectivity index (χ4n) is 1.46. The molecule has 14 heavy (non-hydrogen) atoms. The van der Waals surface area contributed by atoms with Crippen LogP contribution < -0.4 is 5.73 Å². The van der Waals surface area contributed by atoms with Crippen molar-refractivity contribution in [2.45, 2.75) is 19.4 Å². The molecule has 0 unspecified atom stereocenters. The largest absolute Gasteiger partial charge is 0.319 e. The highest BCUT2D eigenvalue weighted by molar-refractivity contribution is 6.29. The molecule has 0 radical (unpaired) electrons. The van der Waals surface area contributed by atoms with Gasteiger partial charge in [0, 0.05) is 0 Å². The minimum absolute atomic E-state index is 0.489. The van der Waals surface area contributed by atoms with Crippen LogP contribution in [-0.4, -0.2) is 9.38 Å². The van der Waals surface area contributed by atoms with Crippen molar-refractivity contribution in [2.75, 3.05) is 0 Å². The lowest BCUT2D eigenvalue weighted by molar-refractivity contribution is 0.512. The van der Waals surface area contributed by atoms with E-state index in [0.29, 0.717) is 5.15 Å². The lowest BCUT2D eigenvalue weighted by Crippen LogP contribution is -2.31. The first-order valence-corrected chi connectivity index (χ1v) is 4.79. The summed E-state index contributed by atoms with van der Waals surface area (Å²) in [6.45, 7) is 3.82. The molecule has 2 aromatic rings. The van der Waals surface area contributed by atoms with E-state index >= 15 is 0 Å². The van der Waals surface area contributed by atoms with Crippen LogP contribution in [0.25, 0.3) is 5.52 Å².